The van der Waals surface area contributed by atoms with Gasteiger partial charge in [0.25, 0.3) is 5.91 Å². The second-order valence-electron chi connectivity index (χ2n) is 4.99. The number of nitrogens with two attached hydrogens (primary N) is 1. The normalized spacial score (nSPS) is 10.3. The molecule has 0 unspecified atom stereocenters. The van der Waals surface area contributed by atoms with E-state index in [1.165, 1.54) is 4.90 Å². The molecule has 2 N–H and O–H groups in total. The van der Waals surface area contributed by atoms with Crippen molar-refractivity contribution in [3.8, 4) is 11.5 Å². The molecule has 0 saturated carbocycles. The SMILES string of the molecule is Cc1ccc(Oc2cc(N)ccc2C(=O)N(C)C)c(Cl)c1. The Bertz CT molecular complexity index is 684. The Morgan fingerprint density at radius 2 is 1.86 bits per heavy atom. The van der Waals surface area contributed by atoms with Crippen LogP contribution >= 0.6 is 11.6 Å². The van der Waals surface area contributed by atoms with Crippen molar-refractivity contribution in [2.24, 2.45) is 0 Å². The number of anilines is 1. The quantitative estimate of drug-likeness (QED) is 0.879. The summed E-state index contributed by atoms with van der Waals surface area (Å²) in [6.07, 6.45) is 0. The van der Waals surface area contributed by atoms with Crippen molar-refractivity contribution in [2.45, 2.75) is 6.92 Å². The zero-order valence-electron chi connectivity index (χ0n) is 12.2. The van der Waals surface area contributed by atoms with Crippen LogP contribution in [0.25, 0.3) is 0 Å². The van der Waals surface area contributed by atoms with Crippen molar-refractivity contribution < 1.29 is 9.53 Å². The molecule has 0 aromatic heterocycles. The minimum atomic E-state index is -0.159. The highest BCUT2D eigenvalue weighted by Crippen LogP contribution is 2.33. The molecule has 110 valence electrons. The lowest BCUT2D eigenvalue weighted by Gasteiger charge is -2.16. The molecular weight excluding hydrogens is 288 g/mol. The van der Waals surface area contributed by atoms with Gasteiger partial charge in [0.05, 0.1) is 10.6 Å². The summed E-state index contributed by atoms with van der Waals surface area (Å²) in [7, 11) is 3.36. The lowest BCUT2D eigenvalue weighted by Crippen LogP contribution is -2.22. The van der Waals surface area contributed by atoms with E-state index in [4.69, 9.17) is 22.1 Å². The van der Waals surface area contributed by atoms with Gasteiger partial charge in [-0.25, -0.2) is 0 Å². The molecule has 2 aromatic rings. The molecule has 5 heteroatoms. The summed E-state index contributed by atoms with van der Waals surface area (Å²) >= 11 is 6.16. The van der Waals surface area contributed by atoms with Gasteiger partial charge >= 0.3 is 0 Å². The summed E-state index contributed by atoms with van der Waals surface area (Å²) in [4.78, 5) is 13.7. The fraction of sp³-hybridized carbons (Fsp3) is 0.188. The second-order valence-corrected chi connectivity index (χ2v) is 5.40. The molecule has 0 spiro atoms. The summed E-state index contributed by atoms with van der Waals surface area (Å²) in [5, 5.41) is 0.487. The van der Waals surface area contributed by atoms with Crippen molar-refractivity contribution in [3.63, 3.8) is 0 Å². The molecule has 21 heavy (non-hydrogen) atoms. The highest BCUT2D eigenvalue weighted by molar-refractivity contribution is 6.32. The maximum atomic E-state index is 12.2. The van der Waals surface area contributed by atoms with Gasteiger partial charge in [0.15, 0.2) is 0 Å². The van der Waals surface area contributed by atoms with Crippen molar-refractivity contribution in [2.75, 3.05) is 19.8 Å². The number of ether oxygens (including phenoxy) is 1. The summed E-state index contributed by atoms with van der Waals surface area (Å²) < 4.78 is 5.79. The van der Waals surface area contributed by atoms with Gasteiger partial charge in [-0.15, -0.1) is 0 Å². The number of rotatable bonds is 3. The number of nitrogens with zero attached hydrogens (tertiary/aromatic N) is 1. The Kier molecular flexibility index (Phi) is 4.38. The van der Waals surface area contributed by atoms with Crippen molar-refractivity contribution in [1.82, 2.24) is 4.90 Å². The molecule has 1 amide bonds. The molecule has 0 heterocycles. The van der Waals surface area contributed by atoms with Crippen LogP contribution in [0.1, 0.15) is 15.9 Å². The average molecular weight is 305 g/mol. The smallest absolute Gasteiger partial charge is 0.257 e. The van der Waals surface area contributed by atoms with Crippen LogP contribution in [0, 0.1) is 6.92 Å². The molecule has 0 atom stereocenters. The summed E-state index contributed by atoms with van der Waals surface area (Å²) in [6.45, 7) is 1.94. The first-order valence-electron chi connectivity index (χ1n) is 6.43. The molecule has 0 fully saturated rings. The van der Waals surface area contributed by atoms with Gasteiger partial charge in [-0.2, -0.15) is 0 Å². The summed E-state index contributed by atoms with van der Waals surface area (Å²) in [6, 6.07) is 10.4. The molecule has 2 rings (SSSR count). The number of hydrogen-bond acceptors (Lipinski definition) is 3. The van der Waals surface area contributed by atoms with Crippen LogP contribution in [0.4, 0.5) is 5.69 Å². The van der Waals surface area contributed by atoms with Crippen molar-refractivity contribution in [3.05, 3.63) is 52.5 Å². The van der Waals surface area contributed by atoms with Crippen molar-refractivity contribution in [1.29, 1.82) is 0 Å². The predicted molar refractivity (Wildman–Crippen MR) is 85.1 cm³/mol. The van der Waals surface area contributed by atoms with E-state index in [1.807, 2.05) is 13.0 Å². The van der Waals surface area contributed by atoms with Crippen molar-refractivity contribution >= 4 is 23.2 Å². The third kappa shape index (κ3) is 3.47. The number of nitrogen functional groups attached to an aromatic ring is 1. The number of hydrogen-bond donors (Lipinski definition) is 1. The average Bonchev–Trinajstić information content (AvgIpc) is 2.41. The first-order chi connectivity index (χ1) is 9.88. The first-order valence-corrected chi connectivity index (χ1v) is 6.81. The monoisotopic (exact) mass is 304 g/mol. The van der Waals surface area contributed by atoms with E-state index in [2.05, 4.69) is 0 Å². The highest BCUT2D eigenvalue weighted by atomic mass is 35.5. The molecule has 0 aliphatic heterocycles. The number of amides is 1. The maximum Gasteiger partial charge on any atom is 0.257 e. The molecule has 0 bridgehead atoms. The molecule has 2 aromatic carbocycles. The van der Waals surface area contributed by atoms with E-state index in [1.54, 1.807) is 44.4 Å². The number of benzene rings is 2. The van der Waals surface area contributed by atoms with E-state index >= 15 is 0 Å². The Balaban J connectivity index is 2.43. The third-order valence-corrected chi connectivity index (χ3v) is 3.24. The number of carbonyl (C=O) groups excluding carboxylic acids is 1. The number of halogens is 1. The Morgan fingerprint density at radius 1 is 1.14 bits per heavy atom. The zero-order valence-corrected chi connectivity index (χ0v) is 12.9. The zero-order chi connectivity index (χ0) is 15.6. The number of aryl methyl sites for hydroxylation is 1. The van der Waals surface area contributed by atoms with Gasteiger partial charge in [0, 0.05) is 25.8 Å². The Labute approximate surface area is 129 Å². The van der Waals surface area contributed by atoms with Gasteiger partial charge in [0.1, 0.15) is 11.5 Å². The van der Waals surface area contributed by atoms with Gasteiger partial charge in [-0.1, -0.05) is 17.7 Å². The molecule has 0 aliphatic carbocycles. The van der Waals surface area contributed by atoms with E-state index in [9.17, 15) is 4.79 Å². The lowest BCUT2D eigenvalue weighted by molar-refractivity contribution is 0.0825. The molecule has 0 radical (unpaired) electrons. The van der Waals surface area contributed by atoms with Crippen LogP contribution in [0.15, 0.2) is 36.4 Å². The minimum Gasteiger partial charge on any atom is -0.455 e. The van der Waals surface area contributed by atoms with Crippen LogP contribution in [-0.2, 0) is 0 Å². The Morgan fingerprint density at radius 3 is 2.48 bits per heavy atom. The topological polar surface area (TPSA) is 55.6 Å². The highest BCUT2D eigenvalue weighted by Gasteiger charge is 2.16. The van der Waals surface area contributed by atoms with E-state index < -0.39 is 0 Å². The van der Waals surface area contributed by atoms with Gasteiger partial charge in [-0.3, -0.25) is 4.79 Å². The van der Waals surface area contributed by atoms with E-state index in [-0.39, 0.29) is 5.91 Å². The van der Waals surface area contributed by atoms with Gasteiger partial charge in [0.2, 0.25) is 0 Å². The molecule has 0 aliphatic rings. The van der Waals surface area contributed by atoms with Crippen LogP contribution in [0.5, 0.6) is 11.5 Å². The van der Waals surface area contributed by atoms with Crippen LogP contribution < -0.4 is 10.5 Å². The largest absolute Gasteiger partial charge is 0.455 e. The second kappa shape index (κ2) is 6.06. The standard InChI is InChI=1S/C16H17ClN2O2/c1-10-4-7-14(13(17)8-10)21-15-9-11(18)5-6-12(15)16(20)19(2)3/h4-9H,18H2,1-3H3. The maximum absolute atomic E-state index is 12.2. The fourth-order valence-corrected chi connectivity index (χ4v) is 2.12. The van der Waals surface area contributed by atoms with Crippen LogP contribution in [0.2, 0.25) is 5.02 Å². The van der Waals surface area contributed by atoms with Gasteiger partial charge in [-0.05, 0) is 36.8 Å². The van der Waals surface area contributed by atoms with Crippen LogP contribution in [-0.4, -0.2) is 24.9 Å². The Hall–Kier alpha value is -2.20. The predicted octanol–water partition coefficient (Wildman–Crippen LogP) is 3.72. The summed E-state index contributed by atoms with van der Waals surface area (Å²) in [5.74, 6) is 0.716. The first kappa shape index (κ1) is 15.2. The molecular formula is C16H17ClN2O2. The van der Waals surface area contributed by atoms with E-state index in [0.717, 1.165) is 5.56 Å². The minimum absolute atomic E-state index is 0.159. The lowest BCUT2D eigenvalue weighted by atomic mass is 10.1. The molecule has 0 saturated heterocycles. The van der Waals surface area contributed by atoms with Gasteiger partial charge < -0.3 is 15.4 Å². The van der Waals surface area contributed by atoms with Crippen LogP contribution in [0.3, 0.4) is 0 Å². The fourth-order valence-electron chi connectivity index (χ4n) is 1.85. The van der Waals surface area contributed by atoms with E-state index in [0.29, 0.717) is 27.8 Å². The number of carbonyl (C=O) groups is 1. The summed E-state index contributed by atoms with van der Waals surface area (Å²) in [5.41, 5.74) is 7.77. The third-order valence-electron chi connectivity index (χ3n) is 2.95. The molecule has 4 nitrogen and oxygen atoms in total.